The van der Waals surface area contributed by atoms with Crippen molar-refractivity contribution >= 4 is 5.52 Å². The molecule has 6 heteroatoms. The summed E-state index contributed by atoms with van der Waals surface area (Å²) in [6.07, 6.45) is 2.60. The Labute approximate surface area is 132 Å². The maximum absolute atomic E-state index is 10.5. The lowest BCUT2D eigenvalue weighted by molar-refractivity contribution is 0.210. The minimum Gasteiger partial charge on any atom is -0.380 e. The third-order valence-electron chi connectivity index (χ3n) is 3.58. The lowest BCUT2D eigenvalue weighted by atomic mass is 10.1. The van der Waals surface area contributed by atoms with Gasteiger partial charge in [0.05, 0.1) is 22.6 Å². The zero-order valence-corrected chi connectivity index (χ0v) is 12.1. The van der Waals surface area contributed by atoms with Gasteiger partial charge in [-0.1, -0.05) is 23.4 Å². The highest BCUT2D eigenvalue weighted by Gasteiger charge is 2.15. The van der Waals surface area contributed by atoms with Gasteiger partial charge in [0, 0.05) is 12.4 Å². The quantitative estimate of drug-likeness (QED) is 0.628. The predicted molar refractivity (Wildman–Crippen MR) is 84.5 cm³/mol. The van der Waals surface area contributed by atoms with Crippen LogP contribution in [-0.4, -0.2) is 29.9 Å². The molecular weight excluding hydrogens is 290 g/mol. The van der Waals surface area contributed by atoms with Gasteiger partial charge in [0.2, 0.25) is 0 Å². The molecule has 0 amide bonds. The van der Waals surface area contributed by atoms with E-state index in [-0.39, 0.29) is 0 Å². The van der Waals surface area contributed by atoms with Gasteiger partial charge in [0.25, 0.3) is 0 Å². The van der Waals surface area contributed by atoms with Crippen molar-refractivity contribution in [3.8, 4) is 11.4 Å². The number of pyridine rings is 3. The van der Waals surface area contributed by atoms with Gasteiger partial charge in [-0.25, -0.2) is 9.50 Å². The minimum atomic E-state index is -0.877. The summed E-state index contributed by atoms with van der Waals surface area (Å²) >= 11 is 0. The smallest absolute Gasteiger partial charge is 0.139 e. The Morgan fingerprint density at radius 1 is 0.913 bits per heavy atom. The molecule has 0 saturated heterocycles. The summed E-state index contributed by atoms with van der Waals surface area (Å²) in [4.78, 5) is 8.71. The molecule has 112 valence electrons. The van der Waals surface area contributed by atoms with Crippen LogP contribution < -0.4 is 0 Å². The number of hydrogen-bond acceptors (Lipinski definition) is 5. The second-order valence-electron chi connectivity index (χ2n) is 5.07. The Morgan fingerprint density at radius 3 is 2.65 bits per heavy atom. The third-order valence-corrected chi connectivity index (χ3v) is 3.58. The first-order chi connectivity index (χ1) is 11.3. The summed E-state index contributed by atoms with van der Waals surface area (Å²) in [6, 6.07) is 16.6. The number of rotatable bonds is 3. The zero-order valence-electron chi connectivity index (χ0n) is 12.1. The third kappa shape index (κ3) is 2.45. The molecule has 0 spiro atoms. The van der Waals surface area contributed by atoms with E-state index in [9.17, 15) is 5.11 Å². The molecule has 0 fully saturated rings. The lowest BCUT2D eigenvalue weighted by Gasteiger charge is -2.10. The molecule has 4 heterocycles. The normalized spacial score (nSPS) is 12.4. The van der Waals surface area contributed by atoms with Crippen molar-refractivity contribution in [2.24, 2.45) is 0 Å². The van der Waals surface area contributed by atoms with Gasteiger partial charge in [-0.15, -0.1) is 5.10 Å². The number of nitrogens with zero attached hydrogens (tertiary/aromatic N) is 5. The fourth-order valence-corrected chi connectivity index (χ4v) is 2.45. The van der Waals surface area contributed by atoms with Crippen molar-refractivity contribution in [3.05, 3.63) is 78.4 Å². The van der Waals surface area contributed by atoms with Gasteiger partial charge >= 0.3 is 0 Å². The van der Waals surface area contributed by atoms with E-state index in [4.69, 9.17) is 0 Å². The number of aliphatic hydroxyl groups excluding tert-OH is 1. The van der Waals surface area contributed by atoms with Crippen LogP contribution in [0.3, 0.4) is 0 Å². The maximum atomic E-state index is 10.5. The lowest BCUT2D eigenvalue weighted by Crippen LogP contribution is -2.04. The van der Waals surface area contributed by atoms with Crippen molar-refractivity contribution in [2.75, 3.05) is 0 Å². The largest absolute Gasteiger partial charge is 0.380 e. The Kier molecular flexibility index (Phi) is 3.29. The van der Waals surface area contributed by atoms with Gasteiger partial charge in [0.15, 0.2) is 0 Å². The van der Waals surface area contributed by atoms with E-state index in [2.05, 4.69) is 20.3 Å². The van der Waals surface area contributed by atoms with Crippen LogP contribution in [0.1, 0.15) is 17.5 Å². The topological polar surface area (TPSA) is 76.2 Å². The Hall–Kier alpha value is -3.12. The summed E-state index contributed by atoms with van der Waals surface area (Å²) in [5.74, 6) is 0. The molecule has 4 aromatic rings. The van der Waals surface area contributed by atoms with Crippen LogP contribution >= 0.6 is 0 Å². The summed E-state index contributed by atoms with van der Waals surface area (Å²) in [7, 11) is 0. The molecule has 1 unspecified atom stereocenters. The average molecular weight is 303 g/mol. The molecule has 0 saturated carbocycles. The van der Waals surface area contributed by atoms with Crippen molar-refractivity contribution in [1.29, 1.82) is 0 Å². The highest BCUT2D eigenvalue weighted by atomic mass is 16.3. The molecule has 1 N–H and O–H groups in total. The van der Waals surface area contributed by atoms with E-state index < -0.39 is 6.10 Å². The summed E-state index contributed by atoms with van der Waals surface area (Å²) < 4.78 is 1.69. The molecule has 6 nitrogen and oxygen atoms in total. The standard InChI is InChI=1S/C17H13N5O/c23-17(13-6-1-3-10-18-13)14-8-5-7-12(19-14)16-15-9-2-4-11-22(15)21-20-16/h1-11,17,23H. The van der Waals surface area contributed by atoms with E-state index >= 15 is 0 Å². The second-order valence-corrected chi connectivity index (χ2v) is 5.07. The molecule has 0 aliphatic carbocycles. The first-order valence-corrected chi connectivity index (χ1v) is 7.19. The molecular formula is C17H13N5O. The van der Waals surface area contributed by atoms with Crippen LogP contribution in [0.15, 0.2) is 67.0 Å². The number of aromatic nitrogens is 5. The van der Waals surface area contributed by atoms with Crippen molar-refractivity contribution in [1.82, 2.24) is 24.8 Å². The van der Waals surface area contributed by atoms with Crippen LogP contribution in [0.2, 0.25) is 0 Å². The minimum absolute atomic E-state index is 0.526. The maximum Gasteiger partial charge on any atom is 0.139 e. The highest BCUT2D eigenvalue weighted by molar-refractivity contribution is 5.73. The first kappa shape index (κ1) is 13.5. The summed E-state index contributed by atoms with van der Waals surface area (Å²) in [6.45, 7) is 0. The summed E-state index contributed by atoms with van der Waals surface area (Å²) in [5, 5.41) is 18.7. The molecule has 0 aliphatic rings. The summed E-state index contributed by atoms with van der Waals surface area (Å²) in [5.41, 5.74) is 3.30. The molecule has 0 bridgehead atoms. The number of hydrogen-bond donors (Lipinski definition) is 1. The second kappa shape index (κ2) is 5.58. The van der Waals surface area contributed by atoms with E-state index in [1.165, 1.54) is 0 Å². The number of aliphatic hydroxyl groups is 1. The number of fused-ring (bicyclic) bond motifs is 1. The molecule has 0 aliphatic heterocycles. The van der Waals surface area contributed by atoms with E-state index in [0.29, 0.717) is 22.8 Å². The van der Waals surface area contributed by atoms with Gasteiger partial charge in [-0.3, -0.25) is 4.98 Å². The first-order valence-electron chi connectivity index (χ1n) is 7.19. The monoisotopic (exact) mass is 303 g/mol. The molecule has 0 aromatic carbocycles. The fourth-order valence-electron chi connectivity index (χ4n) is 2.45. The zero-order chi connectivity index (χ0) is 15.6. The molecule has 23 heavy (non-hydrogen) atoms. The SMILES string of the molecule is OC(c1ccccn1)c1cccc(-c2nnn3ccccc23)n1. The predicted octanol–water partition coefficient (Wildman–Crippen LogP) is 2.27. The van der Waals surface area contributed by atoms with Crippen molar-refractivity contribution < 1.29 is 5.11 Å². The van der Waals surface area contributed by atoms with Gasteiger partial charge < -0.3 is 5.11 Å². The van der Waals surface area contributed by atoms with Crippen molar-refractivity contribution in [2.45, 2.75) is 6.10 Å². The van der Waals surface area contributed by atoms with Crippen LogP contribution in [0.4, 0.5) is 0 Å². The van der Waals surface area contributed by atoms with Crippen LogP contribution in [0.25, 0.3) is 16.9 Å². The van der Waals surface area contributed by atoms with Crippen LogP contribution in [0, 0.1) is 0 Å². The average Bonchev–Trinajstić information content (AvgIpc) is 3.06. The Balaban J connectivity index is 1.77. The van der Waals surface area contributed by atoms with E-state index in [1.54, 1.807) is 22.8 Å². The van der Waals surface area contributed by atoms with Crippen molar-refractivity contribution in [3.63, 3.8) is 0 Å². The van der Waals surface area contributed by atoms with Crippen LogP contribution in [-0.2, 0) is 0 Å². The van der Waals surface area contributed by atoms with Gasteiger partial charge in [-0.05, 0) is 36.4 Å². The van der Waals surface area contributed by atoms with Crippen LogP contribution in [0.5, 0.6) is 0 Å². The fraction of sp³-hybridized carbons (Fsp3) is 0.0588. The van der Waals surface area contributed by atoms with Gasteiger partial charge in [-0.2, -0.15) is 0 Å². The highest BCUT2D eigenvalue weighted by Crippen LogP contribution is 2.24. The van der Waals surface area contributed by atoms with E-state index in [0.717, 1.165) is 5.52 Å². The molecule has 1 atom stereocenters. The van der Waals surface area contributed by atoms with Gasteiger partial charge in [0.1, 0.15) is 11.8 Å². The van der Waals surface area contributed by atoms with E-state index in [1.807, 2.05) is 48.7 Å². The molecule has 4 aromatic heterocycles. The molecule has 4 rings (SSSR count). The Bertz CT molecular complexity index is 951. The molecule has 0 radical (unpaired) electrons. The Morgan fingerprint density at radius 2 is 1.78 bits per heavy atom.